The van der Waals surface area contributed by atoms with E-state index in [0.29, 0.717) is 0 Å². The summed E-state index contributed by atoms with van der Waals surface area (Å²) in [5.41, 5.74) is 11.0. The quantitative estimate of drug-likeness (QED) is 0.220. The molecule has 14 heteroatoms. The number of anilines is 2. The molecule has 6 N–H and O–H groups in total. The Morgan fingerprint density at radius 1 is 1.22 bits per heavy atom. The standard InChI is InChI=1S/C4H6N8O.Ag.NO3/c5-2-1(10-13-11-2)3-8-9-4(6)12(3)7;;2-1(3)4/h7H2,(H2,5,11)(H2,6,9);;/q;+1;-1. The van der Waals surface area contributed by atoms with Gasteiger partial charge in [-0.05, 0) is 10.3 Å². The second-order valence-corrected chi connectivity index (χ2v) is 2.47. The maximum atomic E-state index is 8.25. The minimum atomic E-state index is -1.75. The Kier molecular flexibility index (Phi) is 5.54. The van der Waals surface area contributed by atoms with Gasteiger partial charge in [0.1, 0.15) is 0 Å². The van der Waals surface area contributed by atoms with E-state index < -0.39 is 5.09 Å². The fourth-order valence-corrected chi connectivity index (χ4v) is 0.816. The van der Waals surface area contributed by atoms with Crippen molar-refractivity contribution in [2.24, 2.45) is 0 Å². The molecule has 0 bridgehead atoms. The van der Waals surface area contributed by atoms with Gasteiger partial charge in [0.15, 0.2) is 11.5 Å². The number of nitrogen functional groups attached to an aromatic ring is 3. The number of aromatic nitrogens is 5. The van der Waals surface area contributed by atoms with Crippen molar-refractivity contribution in [1.82, 2.24) is 25.2 Å². The summed E-state index contributed by atoms with van der Waals surface area (Å²) in [6.45, 7) is 0. The molecule has 13 nitrogen and oxygen atoms in total. The van der Waals surface area contributed by atoms with Crippen LogP contribution in [0.1, 0.15) is 0 Å². The molecule has 0 saturated carbocycles. The first-order chi connectivity index (χ1) is 7.93. The van der Waals surface area contributed by atoms with Crippen LogP contribution in [0, 0.1) is 15.3 Å². The molecule has 0 saturated heterocycles. The van der Waals surface area contributed by atoms with E-state index in [0.717, 1.165) is 4.68 Å². The maximum absolute atomic E-state index is 8.25. The predicted molar refractivity (Wildman–Crippen MR) is 52.7 cm³/mol. The van der Waals surface area contributed by atoms with Crippen LogP contribution in [0.2, 0.25) is 0 Å². The van der Waals surface area contributed by atoms with Crippen LogP contribution < -0.4 is 17.3 Å². The molecule has 0 aliphatic heterocycles. The molecule has 18 heavy (non-hydrogen) atoms. The average molecular weight is 352 g/mol. The number of hydrogen-bond acceptors (Lipinski definition) is 11. The Bertz CT molecular complexity index is 518. The molecule has 0 atom stereocenters. The van der Waals surface area contributed by atoms with Gasteiger partial charge in [-0.3, -0.25) is 0 Å². The molecule has 0 aromatic carbocycles. The predicted octanol–water partition coefficient (Wildman–Crippen LogP) is -2.04. The Balaban J connectivity index is 0.000000512. The van der Waals surface area contributed by atoms with Crippen molar-refractivity contribution in [3.05, 3.63) is 15.3 Å². The van der Waals surface area contributed by atoms with Crippen LogP contribution in [-0.4, -0.2) is 30.3 Å². The zero-order valence-electron chi connectivity index (χ0n) is 8.35. The van der Waals surface area contributed by atoms with Crippen LogP contribution in [0.25, 0.3) is 11.5 Å². The van der Waals surface area contributed by atoms with E-state index in [1.165, 1.54) is 0 Å². The molecule has 0 aliphatic carbocycles. The summed E-state index contributed by atoms with van der Waals surface area (Å²) in [7, 11) is 0. The molecule has 2 aromatic heterocycles. The summed E-state index contributed by atoms with van der Waals surface area (Å²) in [4.78, 5) is 8.25. The number of nitrogens with zero attached hydrogens (tertiary/aromatic N) is 6. The minimum Gasteiger partial charge on any atom is -0.379 e. The maximum Gasteiger partial charge on any atom is 1.00 e. The van der Waals surface area contributed by atoms with Crippen molar-refractivity contribution in [2.75, 3.05) is 17.3 Å². The van der Waals surface area contributed by atoms with E-state index in [1.54, 1.807) is 0 Å². The Morgan fingerprint density at radius 2 is 1.78 bits per heavy atom. The smallest absolute Gasteiger partial charge is 0.379 e. The summed E-state index contributed by atoms with van der Waals surface area (Å²) >= 11 is 0. The molecule has 0 fully saturated rings. The summed E-state index contributed by atoms with van der Waals surface area (Å²) in [6, 6.07) is 0. The summed E-state index contributed by atoms with van der Waals surface area (Å²) < 4.78 is 5.40. The van der Waals surface area contributed by atoms with Gasteiger partial charge in [-0.1, -0.05) is 0 Å². The second-order valence-electron chi connectivity index (χ2n) is 2.47. The molecule has 0 aliphatic rings. The molecule has 0 radical (unpaired) electrons. The Labute approximate surface area is 113 Å². The van der Waals surface area contributed by atoms with E-state index in [1.807, 2.05) is 0 Å². The van der Waals surface area contributed by atoms with Gasteiger partial charge in [-0.15, -0.1) is 10.2 Å². The first kappa shape index (κ1) is 15.6. The van der Waals surface area contributed by atoms with Gasteiger partial charge in [-0.25, -0.2) is 9.31 Å². The van der Waals surface area contributed by atoms with Gasteiger partial charge in [0.25, 0.3) is 0 Å². The molecular weight excluding hydrogens is 346 g/mol. The average Bonchev–Trinajstić information content (AvgIpc) is 2.75. The number of nitrogens with two attached hydrogens (primary N) is 3. The van der Waals surface area contributed by atoms with Crippen molar-refractivity contribution in [2.45, 2.75) is 0 Å². The van der Waals surface area contributed by atoms with Crippen LogP contribution >= 0.6 is 0 Å². The van der Waals surface area contributed by atoms with E-state index >= 15 is 0 Å². The molecule has 0 amide bonds. The molecule has 0 spiro atoms. The largest absolute Gasteiger partial charge is 1.00 e. The van der Waals surface area contributed by atoms with Crippen LogP contribution in [-0.2, 0) is 22.4 Å². The fourth-order valence-electron chi connectivity index (χ4n) is 0.816. The molecule has 2 heterocycles. The SMILES string of the molecule is Nc1nonc1-c1nnc(N)n1N.O=[N+]([O-])[O-].[Ag+]. The van der Waals surface area contributed by atoms with E-state index in [4.69, 9.17) is 32.6 Å². The van der Waals surface area contributed by atoms with Crippen molar-refractivity contribution >= 4 is 11.8 Å². The van der Waals surface area contributed by atoms with Crippen molar-refractivity contribution in [1.29, 1.82) is 0 Å². The van der Waals surface area contributed by atoms with Crippen LogP contribution in [0.3, 0.4) is 0 Å². The fraction of sp³-hybridized carbons (Fsp3) is 0. The van der Waals surface area contributed by atoms with Gasteiger partial charge in [0.05, 0.1) is 5.09 Å². The van der Waals surface area contributed by atoms with Gasteiger partial charge in [-0.2, -0.15) is 0 Å². The first-order valence-electron chi connectivity index (χ1n) is 3.79. The zero-order valence-corrected chi connectivity index (χ0v) is 9.83. The molecule has 2 aromatic rings. The zero-order chi connectivity index (χ0) is 13.0. The van der Waals surface area contributed by atoms with Crippen LogP contribution in [0.15, 0.2) is 4.63 Å². The number of hydrogen-bond donors (Lipinski definition) is 3. The van der Waals surface area contributed by atoms with E-state index in [-0.39, 0.29) is 45.7 Å². The van der Waals surface area contributed by atoms with Crippen LogP contribution in [0.5, 0.6) is 0 Å². The van der Waals surface area contributed by atoms with E-state index in [2.05, 4.69) is 25.1 Å². The molecule has 0 unspecified atom stereocenters. The van der Waals surface area contributed by atoms with Crippen molar-refractivity contribution < 1.29 is 32.1 Å². The summed E-state index contributed by atoms with van der Waals surface area (Å²) in [5.74, 6) is 5.80. The monoisotopic (exact) mass is 351 g/mol. The molecular formula is C4H6AgN9O4. The molecule has 102 valence electrons. The first-order valence-corrected chi connectivity index (χ1v) is 3.79. The number of rotatable bonds is 1. The Morgan fingerprint density at radius 3 is 2.11 bits per heavy atom. The van der Waals surface area contributed by atoms with Gasteiger partial charge in [0, 0.05) is 0 Å². The molecule has 2 rings (SSSR count). The van der Waals surface area contributed by atoms with E-state index in [9.17, 15) is 0 Å². The topological polar surface area (TPSA) is 214 Å². The van der Waals surface area contributed by atoms with Crippen molar-refractivity contribution in [3.8, 4) is 11.5 Å². The minimum absolute atomic E-state index is 0. The van der Waals surface area contributed by atoms with Gasteiger partial charge in [0.2, 0.25) is 11.8 Å². The Hall–Kier alpha value is -2.38. The summed E-state index contributed by atoms with van der Waals surface area (Å²) in [5, 5.41) is 28.8. The normalized spacial score (nSPS) is 8.89. The summed E-state index contributed by atoms with van der Waals surface area (Å²) in [6.07, 6.45) is 0. The third-order valence-electron chi connectivity index (χ3n) is 1.45. The van der Waals surface area contributed by atoms with Crippen molar-refractivity contribution in [3.63, 3.8) is 0 Å². The third-order valence-corrected chi connectivity index (χ3v) is 1.45. The van der Waals surface area contributed by atoms with Crippen LogP contribution in [0.4, 0.5) is 11.8 Å². The third kappa shape index (κ3) is 3.58. The van der Waals surface area contributed by atoms with Gasteiger partial charge < -0.3 is 32.6 Å². The second kappa shape index (κ2) is 6.38. The van der Waals surface area contributed by atoms with Gasteiger partial charge >= 0.3 is 22.4 Å².